The molecule has 0 spiro atoms. The molecule has 8 heteroatoms. The highest BCUT2D eigenvalue weighted by Gasteiger charge is 2.34. The molecule has 0 radical (unpaired) electrons. The van der Waals surface area contributed by atoms with E-state index < -0.39 is 0 Å². The van der Waals surface area contributed by atoms with Gasteiger partial charge in [0.2, 0.25) is 5.91 Å². The van der Waals surface area contributed by atoms with Gasteiger partial charge in [-0.3, -0.25) is 14.6 Å². The number of pyridine rings is 1. The number of aromatic nitrogens is 1. The summed E-state index contributed by atoms with van der Waals surface area (Å²) < 4.78 is 0. The van der Waals surface area contributed by atoms with Crippen LogP contribution in [0.5, 0.6) is 0 Å². The van der Waals surface area contributed by atoms with E-state index in [1.807, 2.05) is 23.6 Å². The zero-order chi connectivity index (χ0) is 22.3. The fraction of sp³-hybridized carbons (Fsp3) is 0.292. The number of carbonyl (C=O) groups excluding carboxylic acids is 2. The smallest absolute Gasteiger partial charge is 0.252 e. The van der Waals surface area contributed by atoms with Crippen molar-refractivity contribution in [3.8, 4) is 0 Å². The molecule has 0 aliphatic carbocycles. The normalized spacial score (nSPS) is 20.1. The first-order chi connectivity index (χ1) is 15.6. The Morgan fingerprint density at radius 2 is 1.94 bits per heavy atom. The maximum absolute atomic E-state index is 12.8. The van der Waals surface area contributed by atoms with E-state index in [9.17, 15) is 9.59 Å². The summed E-state index contributed by atoms with van der Waals surface area (Å²) in [6.07, 6.45) is 5.43. The van der Waals surface area contributed by atoms with Gasteiger partial charge < -0.3 is 10.6 Å². The van der Waals surface area contributed by atoms with Crippen LogP contribution in [-0.4, -0.2) is 23.0 Å². The highest BCUT2D eigenvalue weighted by Crippen LogP contribution is 2.27. The van der Waals surface area contributed by atoms with Crippen molar-refractivity contribution in [1.29, 1.82) is 0 Å². The summed E-state index contributed by atoms with van der Waals surface area (Å²) in [4.78, 5) is 30.5. The van der Waals surface area contributed by atoms with Gasteiger partial charge in [0, 0.05) is 40.9 Å². The number of hydrazine groups is 1. The first-order valence-electron chi connectivity index (χ1n) is 10.7. The van der Waals surface area contributed by atoms with Gasteiger partial charge in [-0.1, -0.05) is 19.1 Å². The number of aryl methyl sites for hydroxylation is 1. The number of thiophene rings is 1. The number of carbonyl (C=O) groups is 2. The van der Waals surface area contributed by atoms with Crippen molar-refractivity contribution in [2.24, 2.45) is 5.92 Å². The van der Waals surface area contributed by atoms with Crippen LogP contribution in [0.2, 0.25) is 0 Å². The third-order valence-corrected chi connectivity index (χ3v) is 6.55. The zero-order valence-corrected chi connectivity index (χ0v) is 18.7. The van der Waals surface area contributed by atoms with Crippen molar-refractivity contribution in [1.82, 2.24) is 21.2 Å². The van der Waals surface area contributed by atoms with Crippen molar-refractivity contribution >= 4 is 28.8 Å². The van der Waals surface area contributed by atoms with E-state index in [1.165, 1.54) is 4.88 Å². The summed E-state index contributed by atoms with van der Waals surface area (Å²) in [5, 5.41) is 7.98. The molecular formula is C24H27N5O2S. The third kappa shape index (κ3) is 5.59. The topological polar surface area (TPSA) is 95.2 Å². The highest BCUT2D eigenvalue weighted by atomic mass is 32.1. The second-order valence-electron chi connectivity index (χ2n) is 7.92. The van der Waals surface area contributed by atoms with Gasteiger partial charge in [0.15, 0.2) is 0 Å². The molecule has 3 heterocycles. The Balaban J connectivity index is 1.30. The fourth-order valence-electron chi connectivity index (χ4n) is 3.82. The molecule has 0 bridgehead atoms. The van der Waals surface area contributed by atoms with E-state index in [1.54, 1.807) is 48.0 Å². The minimum absolute atomic E-state index is 0.0467. The van der Waals surface area contributed by atoms with Crippen LogP contribution < -0.4 is 21.5 Å². The highest BCUT2D eigenvalue weighted by molar-refractivity contribution is 7.09. The Bertz CT molecular complexity index is 1040. The molecule has 3 atom stereocenters. The summed E-state index contributed by atoms with van der Waals surface area (Å²) in [6, 6.07) is 15.1. The van der Waals surface area contributed by atoms with Gasteiger partial charge in [0.05, 0.1) is 12.2 Å². The van der Waals surface area contributed by atoms with Crippen LogP contribution >= 0.6 is 11.3 Å². The Morgan fingerprint density at radius 3 is 2.72 bits per heavy atom. The zero-order valence-electron chi connectivity index (χ0n) is 17.9. The van der Waals surface area contributed by atoms with Gasteiger partial charge in [-0.2, -0.15) is 0 Å². The molecule has 1 aromatic carbocycles. The second-order valence-corrected chi connectivity index (χ2v) is 8.95. The lowest BCUT2D eigenvalue weighted by Crippen LogP contribution is -2.46. The van der Waals surface area contributed by atoms with E-state index in [0.29, 0.717) is 17.7 Å². The van der Waals surface area contributed by atoms with Crippen LogP contribution in [0.25, 0.3) is 0 Å². The van der Waals surface area contributed by atoms with Crippen LogP contribution in [0.4, 0.5) is 5.69 Å². The average molecular weight is 450 g/mol. The van der Waals surface area contributed by atoms with Gasteiger partial charge in [-0.15, -0.1) is 11.3 Å². The monoisotopic (exact) mass is 449 g/mol. The summed E-state index contributed by atoms with van der Waals surface area (Å²) >= 11 is 1.71. The number of anilines is 1. The minimum atomic E-state index is -0.226. The van der Waals surface area contributed by atoms with Gasteiger partial charge in [0.25, 0.3) is 5.91 Å². The average Bonchev–Trinajstić information content (AvgIpc) is 3.45. The number of hydrogen-bond donors (Lipinski definition) is 4. The Labute approximate surface area is 191 Å². The third-order valence-electron chi connectivity index (χ3n) is 5.61. The quantitative estimate of drug-likeness (QED) is 0.421. The molecule has 7 nitrogen and oxygen atoms in total. The number of nitrogens with one attached hydrogen (secondary N) is 4. The van der Waals surface area contributed by atoms with Crippen molar-refractivity contribution in [3.05, 3.63) is 82.3 Å². The predicted molar refractivity (Wildman–Crippen MR) is 126 cm³/mol. The molecule has 1 aliphatic heterocycles. The largest absolute Gasteiger partial charge is 0.335 e. The molecule has 0 saturated carbocycles. The summed E-state index contributed by atoms with van der Waals surface area (Å²) in [7, 11) is 0. The molecule has 32 heavy (non-hydrogen) atoms. The molecule has 2 aromatic heterocycles. The molecule has 1 saturated heterocycles. The Hall–Kier alpha value is -3.07. The molecular weight excluding hydrogens is 422 g/mol. The number of hydrogen-bond acceptors (Lipinski definition) is 6. The molecule has 3 unspecified atom stereocenters. The first kappa shape index (κ1) is 22.1. The van der Waals surface area contributed by atoms with Crippen LogP contribution in [0.15, 0.2) is 66.3 Å². The van der Waals surface area contributed by atoms with E-state index in [2.05, 4.69) is 39.5 Å². The lowest BCUT2D eigenvalue weighted by atomic mass is 9.95. The summed E-state index contributed by atoms with van der Waals surface area (Å²) in [5.41, 5.74) is 8.65. The first-order valence-corrected chi connectivity index (χ1v) is 11.6. The summed E-state index contributed by atoms with van der Waals surface area (Å²) in [6.45, 7) is 2.08. The molecule has 4 N–H and O–H groups in total. The van der Waals surface area contributed by atoms with Crippen LogP contribution in [0.3, 0.4) is 0 Å². The van der Waals surface area contributed by atoms with E-state index in [-0.39, 0.29) is 29.9 Å². The van der Waals surface area contributed by atoms with E-state index >= 15 is 0 Å². The predicted octanol–water partition coefficient (Wildman–Crippen LogP) is 3.65. The fourth-order valence-corrected chi connectivity index (χ4v) is 4.58. The molecule has 166 valence electrons. The van der Waals surface area contributed by atoms with Crippen molar-refractivity contribution < 1.29 is 9.59 Å². The Morgan fingerprint density at radius 1 is 1.09 bits per heavy atom. The van der Waals surface area contributed by atoms with Crippen LogP contribution in [0.1, 0.15) is 46.6 Å². The molecule has 3 aromatic rings. The van der Waals surface area contributed by atoms with Gasteiger partial charge in [0.1, 0.15) is 0 Å². The van der Waals surface area contributed by atoms with Crippen molar-refractivity contribution in [2.75, 3.05) is 5.32 Å². The molecule has 1 aliphatic rings. The van der Waals surface area contributed by atoms with E-state index in [0.717, 1.165) is 18.4 Å². The van der Waals surface area contributed by atoms with Crippen LogP contribution in [-0.2, 0) is 11.2 Å². The van der Waals surface area contributed by atoms with E-state index in [4.69, 9.17) is 0 Å². The lowest BCUT2D eigenvalue weighted by molar-refractivity contribution is -0.116. The maximum atomic E-state index is 12.8. The Kier molecular flexibility index (Phi) is 7.26. The number of benzene rings is 1. The van der Waals surface area contributed by atoms with Gasteiger partial charge >= 0.3 is 0 Å². The van der Waals surface area contributed by atoms with Gasteiger partial charge in [-0.25, -0.2) is 10.9 Å². The maximum Gasteiger partial charge on any atom is 0.252 e. The molecule has 2 amide bonds. The number of rotatable bonds is 8. The van der Waals surface area contributed by atoms with Crippen LogP contribution in [0, 0.1) is 5.92 Å². The number of amides is 2. The minimum Gasteiger partial charge on any atom is -0.335 e. The molecule has 1 fully saturated rings. The standard InChI is InChI=1S/C24H27N5O2S/c1-16-22(17-10-12-25-13-11-17)28-29-23(16)27-24(31)18-5-2-6-19(15-18)26-21(30)9-3-7-20-8-4-14-32-20/h2,4-6,8,10-16,22-23,28-29H,3,7,9H2,1H3,(H,26,30)(H,27,31). The van der Waals surface area contributed by atoms with Crippen molar-refractivity contribution in [2.45, 2.75) is 38.4 Å². The summed E-state index contributed by atoms with van der Waals surface area (Å²) in [5.74, 6) is -0.109. The van der Waals surface area contributed by atoms with Crippen molar-refractivity contribution in [3.63, 3.8) is 0 Å². The lowest BCUT2D eigenvalue weighted by Gasteiger charge is -2.20. The number of nitrogens with zero attached hydrogens (tertiary/aromatic N) is 1. The second kappa shape index (κ2) is 10.5. The SMILES string of the molecule is CC1C(NC(=O)c2cccc(NC(=O)CCCc3cccs3)c2)NNC1c1ccncc1. The molecule has 4 rings (SSSR count). The van der Waals surface area contributed by atoms with Gasteiger partial charge in [-0.05, 0) is 60.2 Å².